The minimum atomic E-state index is -0.220. The molecule has 1 N–H and O–H groups in total. The topological polar surface area (TPSA) is 29.9 Å². The molecular weight excluding hydrogens is 217 g/mol. The summed E-state index contributed by atoms with van der Waals surface area (Å²) in [6.07, 6.45) is 3.05. The molecule has 0 bridgehead atoms. The first-order valence-corrected chi connectivity index (χ1v) is 5.79. The van der Waals surface area contributed by atoms with E-state index in [1.807, 2.05) is 16.9 Å². The summed E-state index contributed by atoms with van der Waals surface area (Å²) in [6, 6.07) is 8.32. The lowest BCUT2D eigenvalue weighted by Gasteiger charge is -2.03. The Hall–Kier alpha value is -1.84. The monoisotopic (exact) mass is 233 g/mol. The van der Waals surface area contributed by atoms with E-state index in [1.54, 1.807) is 12.1 Å². The van der Waals surface area contributed by atoms with Crippen LogP contribution >= 0.6 is 0 Å². The van der Waals surface area contributed by atoms with Gasteiger partial charge in [0.1, 0.15) is 5.82 Å². The van der Waals surface area contributed by atoms with Gasteiger partial charge in [-0.25, -0.2) is 4.39 Å². The molecule has 0 amide bonds. The zero-order chi connectivity index (χ0) is 12.1. The Bertz CT molecular complexity index is 462. The van der Waals surface area contributed by atoms with Crippen molar-refractivity contribution in [3.63, 3.8) is 0 Å². The van der Waals surface area contributed by atoms with Gasteiger partial charge in [-0.3, -0.25) is 4.68 Å². The van der Waals surface area contributed by atoms with E-state index in [9.17, 15) is 4.39 Å². The number of hydrogen-bond donors (Lipinski definition) is 1. The summed E-state index contributed by atoms with van der Waals surface area (Å²) in [4.78, 5) is 0. The fourth-order valence-electron chi connectivity index (χ4n) is 1.61. The Morgan fingerprint density at radius 2 is 2.00 bits per heavy atom. The van der Waals surface area contributed by atoms with Gasteiger partial charge in [0.2, 0.25) is 0 Å². The molecule has 0 saturated heterocycles. The molecule has 0 aliphatic heterocycles. The molecular formula is C13H16FN3. The highest BCUT2D eigenvalue weighted by Crippen LogP contribution is 2.09. The third-order valence-electron chi connectivity index (χ3n) is 2.47. The summed E-state index contributed by atoms with van der Waals surface area (Å²) in [5.74, 6) is -0.220. The summed E-state index contributed by atoms with van der Waals surface area (Å²) in [6.45, 7) is 3.72. The highest BCUT2D eigenvalue weighted by molar-refractivity contribution is 5.42. The molecule has 0 aliphatic carbocycles. The van der Waals surface area contributed by atoms with E-state index in [0.29, 0.717) is 6.54 Å². The van der Waals surface area contributed by atoms with E-state index in [2.05, 4.69) is 17.3 Å². The van der Waals surface area contributed by atoms with Crippen LogP contribution < -0.4 is 5.32 Å². The minimum absolute atomic E-state index is 0.220. The normalized spacial score (nSPS) is 10.5. The van der Waals surface area contributed by atoms with Crippen LogP contribution in [0.15, 0.2) is 36.5 Å². The molecule has 0 fully saturated rings. The SMILES string of the molecule is CCCn1ccc(CNc2ccc(F)cc2)n1. The molecule has 0 unspecified atom stereocenters. The average molecular weight is 233 g/mol. The van der Waals surface area contributed by atoms with Crippen molar-refractivity contribution in [2.24, 2.45) is 0 Å². The summed E-state index contributed by atoms with van der Waals surface area (Å²) in [5, 5.41) is 7.61. The number of anilines is 1. The van der Waals surface area contributed by atoms with E-state index in [-0.39, 0.29) is 5.82 Å². The van der Waals surface area contributed by atoms with Crippen molar-refractivity contribution in [1.82, 2.24) is 9.78 Å². The number of hydrogen-bond acceptors (Lipinski definition) is 2. The maximum atomic E-state index is 12.7. The van der Waals surface area contributed by atoms with E-state index in [0.717, 1.165) is 24.3 Å². The Labute approximate surface area is 100 Å². The van der Waals surface area contributed by atoms with Gasteiger partial charge in [-0.2, -0.15) is 5.10 Å². The molecule has 90 valence electrons. The van der Waals surface area contributed by atoms with Gasteiger partial charge in [-0.1, -0.05) is 6.92 Å². The van der Waals surface area contributed by atoms with Crippen molar-refractivity contribution < 1.29 is 4.39 Å². The molecule has 0 spiro atoms. The van der Waals surface area contributed by atoms with Crippen molar-refractivity contribution in [2.75, 3.05) is 5.32 Å². The second-order valence-electron chi connectivity index (χ2n) is 3.93. The fraction of sp³-hybridized carbons (Fsp3) is 0.308. The van der Waals surface area contributed by atoms with Crippen molar-refractivity contribution in [3.8, 4) is 0 Å². The molecule has 0 radical (unpaired) electrons. The molecule has 1 aromatic heterocycles. The van der Waals surface area contributed by atoms with Crippen LogP contribution in [-0.2, 0) is 13.1 Å². The van der Waals surface area contributed by atoms with E-state index >= 15 is 0 Å². The van der Waals surface area contributed by atoms with Crippen LogP contribution in [0.25, 0.3) is 0 Å². The summed E-state index contributed by atoms with van der Waals surface area (Å²) in [7, 11) is 0. The predicted molar refractivity (Wildman–Crippen MR) is 66.2 cm³/mol. The highest BCUT2D eigenvalue weighted by atomic mass is 19.1. The third kappa shape index (κ3) is 3.31. The fourth-order valence-corrected chi connectivity index (χ4v) is 1.61. The summed E-state index contributed by atoms with van der Waals surface area (Å²) in [5.41, 5.74) is 1.89. The Balaban J connectivity index is 1.90. The highest BCUT2D eigenvalue weighted by Gasteiger charge is 1.98. The van der Waals surface area contributed by atoms with Gasteiger partial charge in [0.25, 0.3) is 0 Å². The van der Waals surface area contributed by atoms with Gasteiger partial charge in [-0.15, -0.1) is 0 Å². The zero-order valence-corrected chi connectivity index (χ0v) is 9.86. The van der Waals surface area contributed by atoms with Crippen LogP contribution in [0.1, 0.15) is 19.0 Å². The number of rotatable bonds is 5. The molecule has 4 heteroatoms. The molecule has 0 atom stereocenters. The first-order chi connectivity index (χ1) is 8.28. The minimum Gasteiger partial charge on any atom is -0.379 e. The van der Waals surface area contributed by atoms with Gasteiger partial charge < -0.3 is 5.32 Å². The lowest BCUT2D eigenvalue weighted by atomic mass is 10.3. The van der Waals surface area contributed by atoms with Crippen LogP contribution in [0.2, 0.25) is 0 Å². The molecule has 0 aliphatic rings. The van der Waals surface area contributed by atoms with Crippen LogP contribution in [0.4, 0.5) is 10.1 Å². The zero-order valence-electron chi connectivity index (χ0n) is 9.86. The Kier molecular flexibility index (Phi) is 3.75. The molecule has 3 nitrogen and oxygen atoms in total. The van der Waals surface area contributed by atoms with Gasteiger partial charge >= 0.3 is 0 Å². The molecule has 0 saturated carbocycles. The number of aromatic nitrogens is 2. The van der Waals surface area contributed by atoms with Crippen LogP contribution in [0, 0.1) is 5.82 Å². The molecule has 2 rings (SSSR count). The molecule has 1 aromatic carbocycles. The molecule has 2 aromatic rings. The lowest BCUT2D eigenvalue weighted by molar-refractivity contribution is 0.595. The van der Waals surface area contributed by atoms with Gasteiger partial charge in [0.05, 0.1) is 12.2 Å². The lowest BCUT2D eigenvalue weighted by Crippen LogP contribution is -2.02. The molecule has 1 heterocycles. The Morgan fingerprint density at radius 3 is 2.71 bits per heavy atom. The number of nitrogens with one attached hydrogen (secondary N) is 1. The number of nitrogens with zero attached hydrogens (tertiary/aromatic N) is 2. The Morgan fingerprint density at radius 1 is 1.24 bits per heavy atom. The van der Waals surface area contributed by atoms with Gasteiger partial charge in [0, 0.05) is 18.4 Å². The predicted octanol–water partition coefficient (Wildman–Crippen LogP) is 3.04. The third-order valence-corrected chi connectivity index (χ3v) is 2.47. The van der Waals surface area contributed by atoms with Crippen molar-refractivity contribution in [3.05, 3.63) is 48.0 Å². The van der Waals surface area contributed by atoms with Crippen LogP contribution in [0.3, 0.4) is 0 Å². The van der Waals surface area contributed by atoms with Crippen LogP contribution in [-0.4, -0.2) is 9.78 Å². The van der Waals surface area contributed by atoms with E-state index in [4.69, 9.17) is 0 Å². The maximum absolute atomic E-state index is 12.7. The van der Waals surface area contributed by atoms with Crippen LogP contribution in [0.5, 0.6) is 0 Å². The average Bonchev–Trinajstić information content (AvgIpc) is 2.77. The van der Waals surface area contributed by atoms with E-state index in [1.165, 1.54) is 12.1 Å². The summed E-state index contributed by atoms with van der Waals surface area (Å²) >= 11 is 0. The van der Waals surface area contributed by atoms with Gasteiger partial charge in [0.15, 0.2) is 0 Å². The first kappa shape index (κ1) is 11.6. The first-order valence-electron chi connectivity index (χ1n) is 5.79. The maximum Gasteiger partial charge on any atom is 0.123 e. The second-order valence-corrected chi connectivity index (χ2v) is 3.93. The van der Waals surface area contributed by atoms with Crippen molar-refractivity contribution in [2.45, 2.75) is 26.4 Å². The second kappa shape index (κ2) is 5.48. The van der Waals surface area contributed by atoms with Gasteiger partial charge in [-0.05, 0) is 36.8 Å². The number of benzene rings is 1. The smallest absolute Gasteiger partial charge is 0.123 e. The molecule has 17 heavy (non-hydrogen) atoms. The summed E-state index contributed by atoms with van der Waals surface area (Å²) < 4.78 is 14.6. The number of halogens is 1. The standard InChI is InChI=1S/C13H16FN3/c1-2-8-17-9-7-13(16-17)10-15-12-5-3-11(14)4-6-12/h3-7,9,15H,2,8,10H2,1H3. The quantitative estimate of drug-likeness (QED) is 0.860. The van der Waals surface area contributed by atoms with Crippen molar-refractivity contribution >= 4 is 5.69 Å². The number of aryl methyl sites for hydroxylation is 1. The van der Waals surface area contributed by atoms with E-state index < -0.39 is 0 Å². The van der Waals surface area contributed by atoms with Crippen molar-refractivity contribution in [1.29, 1.82) is 0 Å². The largest absolute Gasteiger partial charge is 0.379 e.